The second-order valence-electron chi connectivity index (χ2n) is 7.41. The van der Waals surface area contributed by atoms with Gasteiger partial charge in [-0.15, -0.1) is 9.24 Å². The summed E-state index contributed by atoms with van der Waals surface area (Å²) in [7, 11) is -0.311. The molecule has 3 aromatic carbocycles. The highest BCUT2D eigenvalue weighted by molar-refractivity contribution is 7.87. The van der Waals surface area contributed by atoms with Gasteiger partial charge in [0.2, 0.25) is 0 Å². The van der Waals surface area contributed by atoms with Gasteiger partial charge in [-0.1, -0.05) is 24.3 Å². The van der Waals surface area contributed by atoms with Crippen LogP contribution in [0.2, 0.25) is 0 Å². The zero-order valence-corrected chi connectivity index (χ0v) is 19.9. The largest absolute Gasteiger partial charge is 0.349 e. The molecule has 3 aromatic rings. The number of para-hydroxylation sites is 1. The van der Waals surface area contributed by atoms with Gasteiger partial charge in [0.05, 0.1) is 28.0 Å². The lowest BCUT2D eigenvalue weighted by molar-refractivity contribution is 0.629. The molecule has 0 bridgehead atoms. The van der Waals surface area contributed by atoms with Gasteiger partial charge in [-0.3, -0.25) is 0 Å². The van der Waals surface area contributed by atoms with Crippen LogP contribution in [-0.2, 0) is 22.0 Å². The van der Waals surface area contributed by atoms with Crippen LogP contribution in [0, 0.1) is 11.6 Å². The third-order valence-electron chi connectivity index (χ3n) is 4.93. The van der Waals surface area contributed by atoms with Crippen molar-refractivity contribution in [1.82, 2.24) is 0 Å². The molecule has 1 fully saturated rings. The molecule has 3 N–H and O–H groups in total. The summed E-state index contributed by atoms with van der Waals surface area (Å²) in [6.45, 7) is 0. The average molecular weight is 494 g/mol. The Morgan fingerprint density at radius 2 is 1.66 bits per heavy atom. The summed E-state index contributed by atoms with van der Waals surface area (Å²) >= 11 is 0. The first kappa shape index (κ1) is 22.8. The summed E-state index contributed by atoms with van der Waals surface area (Å²) in [6, 6.07) is 14.9. The molecule has 0 radical (unpaired) electrons. The van der Waals surface area contributed by atoms with Gasteiger partial charge in [0.1, 0.15) is 27.8 Å². The highest BCUT2D eigenvalue weighted by Gasteiger charge is 2.29. The molecule has 1 saturated carbocycles. The molecular formula is C22H22F2N3O2PS2. The van der Waals surface area contributed by atoms with E-state index in [2.05, 4.69) is 24.0 Å². The molecule has 0 spiro atoms. The Hall–Kier alpha value is -2.35. The third-order valence-corrected chi connectivity index (χ3v) is 7.38. The van der Waals surface area contributed by atoms with E-state index < -0.39 is 33.6 Å². The number of hydrogen-bond acceptors (Lipinski definition) is 3. The van der Waals surface area contributed by atoms with Crippen LogP contribution in [0.5, 0.6) is 0 Å². The summed E-state index contributed by atoms with van der Waals surface area (Å²) in [5.74, 6) is -1.16. The molecule has 10 heteroatoms. The van der Waals surface area contributed by atoms with Crippen LogP contribution in [0.25, 0.3) is 11.1 Å². The van der Waals surface area contributed by atoms with E-state index in [-0.39, 0.29) is 16.6 Å². The van der Waals surface area contributed by atoms with Gasteiger partial charge in [-0.05, 0) is 48.7 Å². The Kier molecular flexibility index (Phi) is 6.88. The number of halogens is 2. The van der Waals surface area contributed by atoms with Crippen LogP contribution in [0.4, 0.5) is 31.5 Å². The number of nitrogens with one attached hydrogen (secondary N) is 3. The fourth-order valence-electron chi connectivity index (χ4n) is 3.17. The molecule has 0 aromatic heterocycles. The monoisotopic (exact) mass is 493 g/mol. The van der Waals surface area contributed by atoms with Gasteiger partial charge in [0.15, 0.2) is 5.82 Å². The molecule has 3 unspecified atom stereocenters. The maximum absolute atomic E-state index is 15.0. The second kappa shape index (κ2) is 9.65. The number of hydrogen-bond donors (Lipinski definition) is 3. The van der Waals surface area contributed by atoms with Crippen molar-refractivity contribution < 1.29 is 17.2 Å². The van der Waals surface area contributed by atoms with Gasteiger partial charge in [-0.25, -0.2) is 17.2 Å². The average Bonchev–Trinajstić information content (AvgIpc) is 3.60. The Labute approximate surface area is 192 Å². The first-order valence-electron chi connectivity index (χ1n) is 9.84. The van der Waals surface area contributed by atoms with Crippen molar-refractivity contribution >= 4 is 59.3 Å². The quantitative estimate of drug-likeness (QED) is 0.394. The van der Waals surface area contributed by atoms with E-state index >= 15 is 4.39 Å². The van der Waals surface area contributed by atoms with Crippen molar-refractivity contribution in [3.63, 3.8) is 0 Å². The molecule has 1 aliphatic carbocycles. The van der Waals surface area contributed by atoms with Crippen molar-refractivity contribution in [3.8, 4) is 11.1 Å². The van der Waals surface area contributed by atoms with Gasteiger partial charge >= 0.3 is 0 Å². The molecule has 0 amide bonds. The summed E-state index contributed by atoms with van der Waals surface area (Å²) < 4.78 is 59.5. The molecular weight excluding hydrogens is 471 g/mol. The molecule has 0 saturated heterocycles. The van der Waals surface area contributed by atoms with Gasteiger partial charge in [-0.2, -0.15) is 0 Å². The van der Waals surface area contributed by atoms with Crippen LogP contribution in [0.3, 0.4) is 0 Å². The molecule has 3 atom stereocenters. The molecule has 1 aliphatic rings. The number of benzene rings is 3. The summed E-state index contributed by atoms with van der Waals surface area (Å²) in [4.78, 5) is 0. The van der Waals surface area contributed by atoms with Crippen LogP contribution in [0.15, 0.2) is 54.6 Å². The second-order valence-corrected chi connectivity index (χ2v) is 10.6. The normalized spacial score (nSPS) is 15.1. The lowest BCUT2D eigenvalue weighted by Gasteiger charge is -2.17. The number of rotatable bonds is 8. The minimum absolute atomic E-state index is 0.0293. The van der Waals surface area contributed by atoms with Crippen molar-refractivity contribution in [1.29, 1.82) is 0 Å². The topological polar surface area (TPSA) is 70.2 Å². The molecule has 5 nitrogen and oxygen atoms in total. The maximum atomic E-state index is 15.0. The van der Waals surface area contributed by atoms with Crippen LogP contribution in [0.1, 0.15) is 12.8 Å². The fourth-order valence-corrected chi connectivity index (χ4v) is 5.02. The Bertz CT molecular complexity index is 1220. The molecule has 32 heavy (non-hydrogen) atoms. The zero-order valence-electron chi connectivity index (χ0n) is 17.2. The van der Waals surface area contributed by atoms with Crippen molar-refractivity contribution in [2.45, 2.75) is 18.1 Å². The van der Waals surface area contributed by atoms with E-state index in [1.165, 1.54) is 18.4 Å². The minimum Gasteiger partial charge on any atom is -0.349 e. The van der Waals surface area contributed by atoms with Gasteiger partial charge in [0, 0.05) is 17.1 Å². The van der Waals surface area contributed by atoms with E-state index in [1.54, 1.807) is 42.5 Å². The number of anilines is 4. The molecule has 0 aliphatic heterocycles. The van der Waals surface area contributed by atoms with E-state index in [4.69, 9.17) is 0 Å². The van der Waals surface area contributed by atoms with Crippen molar-refractivity contribution in [2.75, 3.05) is 21.0 Å². The lowest BCUT2D eigenvalue weighted by Crippen LogP contribution is -2.13. The van der Waals surface area contributed by atoms with Crippen LogP contribution in [-0.4, -0.2) is 19.9 Å². The lowest BCUT2D eigenvalue weighted by atomic mass is 10.0. The minimum atomic E-state index is -1.33. The Balaban J connectivity index is 1.65. The molecule has 4 rings (SSSR count). The Morgan fingerprint density at radius 3 is 2.34 bits per heavy atom. The van der Waals surface area contributed by atoms with E-state index in [9.17, 15) is 12.8 Å². The van der Waals surface area contributed by atoms with E-state index in [1.807, 2.05) is 0 Å². The van der Waals surface area contributed by atoms with Crippen LogP contribution < -0.4 is 20.1 Å². The SMILES string of the molecule is CS(=O)Nc1ccccc1-c1ccc(Nc2c(NS(=O)C3CC3)ccc(P)c2F)c(F)c1. The van der Waals surface area contributed by atoms with Crippen molar-refractivity contribution in [2.24, 2.45) is 0 Å². The predicted octanol–water partition coefficient (Wildman–Crippen LogP) is 4.82. The highest BCUT2D eigenvalue weighted by atomic mass is 32.2. The molecule has 168 valence electrons. The van der Waals surface area contributed by atoms with Gasteiger partial charge < -0.3 is 14.8 Å². The van der Waals surface area contributed by atoms with E-state index in [0.717, 1.165) is 12.8 Å². The first-order chi connectivity index (χ1) is 15.3. The third kappa shape index (κ3) is 5.17. The first-order valence-corrected chi connectivity index (χ1v) is 13.2. The zero-order chi connectivity index (χ0) is 22.8. The fraction of sp³-hybridized carbons (Fsp3) is 0.182. The smallest absolute Gasteiger partial charge is 0.155 e. The Morgan fingerprint density at radius 1 is 0.938 bits per heavy atom. The summed E-state index contributed by atoms with van der Waals surface area (Å²) in [5, 5.41) is 3.18. The predicted molar refractivity (Wildman–Crippen MR) is 133 cm³/mol. The van der Waals surface area contributed by atoms with Gasteiger partial charge in [0.25, 0.3) is 0 Å². The van der Waals surface area contributed by atoms with E-state index in [0.29, 0.717) is 27.8 Å². The van der Waals surface area contributed by atoms with Crippen molar-refractivity contribution in [3.05, 3.63) is 66.2 Å². The standard InChI is InChI=1S/C22H22F2N3O2PS2/c1-31(28)26-17-5-3-2-4-15(17)13-6-9-18(16(23)12-13)25-22-19(10-11-20(30)21(22)24)27-32(29)14-7-8-14/h2-6,9-12,14,25-27H,7-8,30H2,1H3. The summed E-state index contributed by atoms with van der Waals surface area (Å²) in [5.41, 5.74) is 2.30. The molecule has 0 heterocycles. The van der Waals surface area contributed by atoms with Crippen LogP contribution >= 0.6 is 9.24 Å². The highest BCUT2D eigenvalue weighted by Crippen LogP contribution is 2.35. The maximum Gasteiger partial charge on any atom is 0.155 e. The summed E-state index contributed by atoms with van der Waals surface area (Å²) in [6.07, 6.45) is 3.25.